The van der Waals surface area contributed by atoms with Crippen LogP contribution in [0.3, 0.4) is 0 Å². The lowest BCUT2D eigenvalue weighted by atomic mass is 10.1. The minimum Gasteiger partial charge on any atom is -0.315 e. The van der Waals surface area contributed by atoms with Crippen molar-refractivity contribution in [2.75, 3.05) is 31.1 Å². The summed E-state index contributed by atoms with van der Waals surface area (Å²) in [5.41, 5.74) is 0. The predicted octanol–water partition coefficient (Wildman–Crippen LogP) is 1.96. The van der Waals surface area contributed by atoms with Crippen molar-refractivity contribution in [1.29, 1.82) is 0 Å². The lowest BCUT2D eigenvalue weighted by Gasteiger charge is -2.38. The highest BCUT2D eigenvalue weighted by Gasteiger charge is 2.28. The average Bonchev–Trinajstić information content (AvgIpc) is 2.80. The summed E-state index contributed by atoms with van der Waals surface area (Å²) in [6.45, 7) is 6.07. The maximum absolute atomic E-state index is 3.50. The Morgan fingerprint density at radius 1 is 1.20 bits per heavy atom. The molecule has 0 aromatic heterocycles. The Morgan fingerprint density at radius 3 is 2.60 bits per heavy atom. The smallest absolute Gasteiger partial charge is 0.0235 e. The van der Waals surface area contributed by atoms with Gasteiger partial charge in [0.1, 0.15) is 0 Å². The molecule has 0 aromatic rings. The highest BCUT2D eigenvalue weighted by atomic mass is 32.2. The number of nitrogens with zero attached hydrogens (tertiary/aromatic N) is 1. The number of nitrogens with one attached hydrogen (secondary N) is 1. The first-order chi connectivity index (χ1) is 7.42. The van der Waals surface area contributed by atoms with E-state index in [9.17, 15) is 0 Å². The molecule has 2 rings (SSSR count). The van der Waals surface area contributed by atoms with E-state index in [-0.39, 0.29) is 0 Å². The topological polar surface area (TPSA) is 15.3 Å². The van der Waals surface area contributed by atoms with Gasteiger partial charge in [0.05, 0.1) is 0 Å². The third-order valence-electron chi connectivity index (χ3n) is 3.64. The Hall–Kier alpha value is 0.270. The number of hydrogen-bond donors (Lipinski definition) is 1. The standard InChI is InChI=1S/C12H24N2S/c1-2-7-14(12-3-6-13-10-12)11-4-8-15-9-5-11/h11-13H,2-10H2,1H3. The summed E-state index contributed by atoms with van der Waals surface area (Å²) in [5, 5.41) is 3.50. The Labute approximate surface area is 98.2 Å². The van der Waals surface area contributed by atoms with Gasteiger partial charge in [0, 0.05) is 18.6 Å². The van der Waals surface area contributed by atoms with Crippen LogP contribution < -0.4 is 5.32 Å². The zero-order valence-electron chi connectivity index (χ0n) is 9.87. The molecule has 2 nitrogen and oxygen atoms in total. The van der Waals surface area contributed by atoms with E-state index < -0.39 is 0 Å². The number of rotatable bonds is 4. The molecule has 88 valence electrons. The van der Waals surface area contributed by atoms with Crippen LogP contribution in [-0.2, 0) is 0 Å². The van der Waals surface area contributed by atoms with Crippen LogP contribution in [-0.4, -0.2) is 48.1 Å². The van der Waals surface area contributed by atoms with Gasteiger partial charge in [-0.25, -0.2) is 0 Å². The largest absolute Gasteiger partial charge is 0.315 e. The van der Waals surface area contributed by atoms with Crippen molar-refractivity contribution in [3.05, 3.63) is 0 Å². The first kappa shape index (κ1) is 11.7. The van der Waals surface area contributed by atoms with Crippen molar-refractivity contribution in [3.8, 4) is 0 Å². The summed E-state index contributed by atoms with van der Waals surface area (Å²) < 4.78 is 0. The van der Waals surface area contributed by atoms with Crippen molar-refractivity contribution in [2.24, 2.45) is 0 Å². The Kier molecular flexibility index (Phi) is 4.79. The van der Waals surface area contributed by atoms with E-state index in [2.05, 4.69) is 28.9 Å². The molecule has 15 heavy (non-hydrogen) atoms. The van der Waals surface area contributed by atoms with Crippen LogP contribution in [0.4, 0.5) is 0 Å². The van der Waals surface area contributed by atoms with Gasteiger partial charge in [-0.1, -0.05) is 6.92 Å². The summed E-state index contributed by atoms with van der Waals surface area (Å²) in [6.07, 6.45) is 5.51. The molecule has 2 saturated heterocycles. The molecule has 0 spiro atoms. The zero-order valence-corrected chi connectivity index (χ0v) is 10.7. The van der Waals surface area contributed by atoms with Gasteiger partial charge in [0.2, 0.25) is 0 Å². The van der Waals surface area contributed by atoms with Gasteiger partial charge in [0.15, 0.2) is 0 Å². The van der Waals surface area contributed by atoms with E-state index in [1.54, 1.807) is 0 Å². The highest BCUT2D eigenvalue weighted by molar-refractivity contribution is 7.99. The second kappa shape index (κ2) is 6.12. The first-order valence-electron chi connectivity index (χ1n) is 6.46. The van der Waals surface area contributed by atoms with Crippen LogP contribution in [0.15, 0.2) is 0 Å². The summed E-state index contributed by atoms with van der Waals surface area (Å²) in [6, 6.07) is 1.72. The van der Waals surface area contributed by atoms with Crippen LogP contribution >= 0.6 is 11.8 Å². The molecular weight excluding hydrogens is 204 g/mol. The molecule has 0 aliphatic carbocycles. The van der Waals surface area contributed by atoms with E-state index in [0.29, 0.717) is 0 Å². The van der Waals surface area contributed by atoms with Crippen molar-refractivity contribution in [1.82, 2.24) is 10.2 Å². The summed E-state index contributed by atoms with van der Waals surface area (Å²) in [7, 11) is 0. The fraction of sp³-hybridized carbons (Fsp3) is 1.00. The van der Waals surface area contributed by atoms with Crippen LogP contribution in [0, 0.1) is 0 Å². The van der Waals surface area contributed by atoms with Gasteiger partial charge in [-0.3, -0.25) is 4.90 Å². The van der Waals surface area contributed by atoms with E-state index in [1.807, 2.05) is 0 Å². The minimum absolute atomic E-state index is 0.832. The predicted molar refractivity (Wildman–Crippen MR) is 68.6 cm³/mol. The Balaban J connectivity index is 1.90. The molecule has 2 fully saturated rings. The number of hydrogen-bond acceptors (Lipinski definition) is 3. The second-order valence-corrected chi connectivity index (χ2v) is 5.95. The molecule has 2 aliphatic heterocycles. The molecule has 0 amide bonds. The molecule has 0 saturated carbocycles. The Bertz CT molecular complexity index is 174. The van der Waals surface area contributed by atoms with Crippen LogP contribution in [0.2, 0.25) is 0 Å². The maximum Gasteiger partial charge on any atom is 0.0235 e. The molecule has 0 radical (unpaired) electrons. The molecule has 3 heteroatoms. The van der Waals surface area contributed by atoms with Crippen molar-refractivity contribution >= 4 is 11.8 Å². The molecule has 2 aliphatic rings. The summed E-state index contributed by atoms with van der Waals surface area (Å²) >= 11 is 2.13. The Morgan fingerprint density at radius 2 is 2.00 bits per heavy atom. The van der Waals surface area contributed by atoms with Gasteiger partial charge < -0.3 is 5.32 Å². The van der Waals surface area contributed by atoms with E-state index in [0.717, 1.165) is 12.1 Å². The lowest BCUT2D eigenvalue weighted by molar-refractivity contribution is 0.134. The lowest BCUT2D eigenvalue weighted by Crippen LogP contribution is -2.46. The average molecular weight is 228 g/mol. The van der Waals surface area contributed by atoms with Crippen LogP contribution in [0.5, 0.6) is 0 Å². The third-order valence-corrected chi connectivity index (χ3v) is 4.69. The molecular formula is C12H24N2S. The third kappa shape index (κ3) is 3.11. The summed E-state index contributed by atoms with van der Waals surface area (Å²) in [4.78, 5) is 2.81. The van der Waals surface area contributed by atoms with E-state index in [4.69, 9.17) is 0 Å². The van der Waals surface area contributed by atoms with Crippen LogP contribution in [0.1, 0.15) is 32.6 Å². The zero-order chi connectivity index (χ0) is 10.5. The van der Waals surface area contributed by atoms with Crippen molar-refractivity contribution in [2.45, 2.75) is 44.7 Å². The van der Waals surface area contributed by atoms with Gasteiger partial charge in [0.25, 0.3) is 0 Å². The molecule has 2 heterocycles. The van der Waals surface area contributed by atoms with Crippen molar-refractivity contribution < 1.29 is 0 Å². The van der Waals surface area contributed by atoms with E-state index >= 15 is 0 Å². The van der Waals surface area contributed by atoms with Crippen LogP contribution in [0.25, 0.3) is 0 Å². The fourth-order valence-corrected chi connectivity index (χ4v) is 3.94. The first-order valence-corrected chi connectivity index (χ1v) is 7.61. The van der Waals surface area contributed by atoms with E-state index in [1.165, 1.54) is 56.8 Å². The van der Waals surface area contributed by atoms with Gasteiger partial charge in [-0.15, -0.1) is 0 Å². The molecule has 1 N–H and O–H groups in total. The normalized spacial score (nSPS) is 28.8. The SMILES string of the molecule is CCCN(C1CCSCC1)C1CCNC1. The molecule has 1 atom stereocenters. The molecule has 0 aromatic carbocycles. The fourth-order valence-electron chi connectivity index (χ4n) is 2.86. The quantitative estimate of drug-likeness (QED) is 0.792. The highest BCUT2D eigenvalue weighted by Crippen LogP contribution is 2.25. The number of thioether (sulfide) groups is 1. The summed E-state index contributed by atoms with van der Waals surface area (Å²) in [5.74, 6) is 2.76. The van der Waals surface area contributed by atoms with Gasteiger partial charge in [-0.05, 0) is 50.3 Å². The second-order valence-electron chi connectivity index (χ2n) is 4.73. The molecule has 1 unspecified atom stereocenters. The minimum atomic E-state index is 0.832. The van der Waals surface area contributed by atoms with Gasteiger partial charge in [-0.2, -0.15) is 11.8 Å². The molecule has 0 bridgehead atoms. The maximum atomic E-state index is 3.50. The monoisotopic (exact) mass is 228 g/mol. The van der Waals surface area contributed by atoms with Gasteiger partial charge >= 0.3 is 0 Å². The van der Waals surface area contributed by atoms with Crippen molar-refractivity contribution in [3.63, 3.8) is 0 Å².